The van der Waals surface area contributed by atoms with Gasteiger partial charge in [-0.1, -0.05) is 47.6 Å². The molecule has 128 valence electrons. The molecule has 2 atom stereocenters. The van der Waals surface area contributed by atoms with Crippen molar-refractivity contribution in [2.24, 2.45) is 5.92 Å². The predicted octanol–water partition coefficient (Wildman–Crippen LogP) is 4.21. The molecule has 1 aliphatic rings. The minimum Gasteiger partial charge on any atom is -0.361 e. The summed E-state index contributed by atoms with van der Waals surface area (Å²) in [7, 11) is 1.87. The van der Waals surface area contributed by atoms with Crippen LogP contribution in [-0.4, -0.2) is 23.0 Å². The molecule has 1 aliphatic carbocycles. The van der Waals surface area contributed by atoms with Crippen LogP contribution in [-0.2, 0) is 11.3 Å². The van der Waals surface area contributed by atoms with E-state index in [2.05, 4.69) is 47.6 Å². The highest BCUT2D eigenvalue weighted by Crippen LogP contribution is 2.50. The van der Waals surface area contributed by atoms with Gasteiger partial charge in [0.2, 0.25) is 5.91 Å². The van der Waals surface area contributed by atoms with E-state index in [0.717, 1.165) is 23.4 Å². The molecule has 4 nitrogen and oxygen atoms in total. The van der Waals surface area contributed by atoms with Crippen LogP contribution in [0.1, 0.15) is 34.9 Å². The Kier molecular flexibility index (Phi) is 3.83. The lowest BCUT2D eigenvalue weighted by molar-refractivity contribution is -0.131. The third kappa shape index (κ3) is 2.82. The highest BCUT2D eigenvalue weighted by atomic mass is 16.5. The van der Waals surface area contributed by atoms with Crippen molar-refractivity contribution in [3.63, 3.8) is 0 Å². The molecule has 1 heterocycles. The maximum absolute atomic E-state index is 12.8. The Balaban J connectivity index is 1.51. The topological polar surface area (TPSA) is 46.3 Å². The smallest absolute Gasteiger partial charge is 0.226 e. The van der Waals surface area contributed by atoms with Gasteiger partial charge in [0.05, 0.1) is 12.2 Å². The summed E-state index contributed by atoms with van der Waals surface area (Å²) in [4.78, 5) is 14.7. The monoisotopic (exact) mass is 334 g/mol. The van der Waals surface area contributed by atoms with Gasteiger partial charge in [0.25, 0.3) is 0 Å². The van der Waals surface area contributed by atoms with E-state index in [0.29, 0.717) is 12.5 Å². The van der Waals surface area contributed by atoms with Gasteiger partial charge < -0.3 is 9.42 Å². The quantitative estimate of drug-likeness (QED) is 0.718. The first-order valence-electron chi connectivity index (χ1n) is 8.70. The number of aromatic nitrogens is 1. The number of carbonyl (C=O) groups excluding carboxylic acids is 1. The fourth-order valence-electron chi connectivity index (χ4n) is 3.71. The highest BCUT2D eigenvalue weighted by molar-refractivity contribution is 5.89. The third-order valence-corrected chi connectivity index (χ3v) is 5.28. The summed E-state index contributed by atoms with van der Waals surface area (Å²) >= 11 is 0. The van der Waals surface area contributed by atoms with Crippen LogP contribution < -0.4 is 0 Å². The lowest BCUT2D eigenvalue weighted by Crippen LogP contribution is -2.28. The van der Waals surface area contributed by atoms with Gasteiger partial charge in [-0.3, -0.25) is 4.79 Å². The third-order valence-electron chi connectivity index (χ3n) is 5.28. The molecule has 25 heavy (non-hydrogen) atoms. The molecular weight excluding hydrogens is 312 g/mol. The summed E-state index contributed by atoms with van der Waals surface area (Å²) in [5.41, 5.74) is 3.17. The summed E-state index contributed by atoms with van der Waals surface area (Å²) in [5.74, 6) is 1.40. The molecule has 0 saturated heterocycles. The molecule has 0 bridgehead atoms. The lowest BCUT2D eigenvalue weighted by Gasteiger charge is -2.17. The highest BCUT2D eigenvalue weighted by Gasteiger charge is 2.45. The molecule has 0 unspecified atom stereocenters. The number of nitrogens with zero attached hydrogens (tertiary/aromatic N) is 2. The molecule has 1 aromatic heterocycles. The fourth-order valence-corrected chi connectivity index (χ4v) is 3.71. The van der Waals surface area contributed by atoms with E-state index in [1.54, 1.807) is 0 Å². The molecule has 1 amide bonds. The normalized spacial score (nSPS) is 19.2. The van der Waals surface area contributed by atoms with E-state index < -0.39 is 0 Å². The molecule has 2 aromatic carbocycles. The van der Waals surface area contributed by atoms with E-state index in [-0.39, 0.29) is 11.8 Å². The molecule has 3 aromatic rings. The number of aryl methyl sites for hydroxylation is 2. The van der Waals surface area contributed by atoms with Crippen LogP contribution in [0.25, 0.3) is 10.8 Å². The van der Waals surface area contributed by atoms with Crippen molar-refractivity contribution in [2.75, 3.05) is 7.05 Å². The zero-order chi connectivity index (χ0) is 17.6. The largest absolute Gasteiger partial charge is 0.361 e. The zero-order valence-electron chi connectivity index (χ0n) is 14.8. The van der Waals surface area contributed by atoms with E-state index in [9.17, 15) is 4.79 Å². The van der Waals surface area contributed by atoms with Crippen molar-refractivity contribution < 1.29 is 9.32 Å². The zero-order valence-corrected chi connectivity index (χ0v) is 14.8. The van der Waals surface area contributed by atoms with Crippen LogP contribution in [0.3, 0.4) is 0 Å². The van der Waals surface area contributed by atoms with Gasteiger partial charge in [-0.15, -0.1) is 0 Å². The fraction of sp³-hybridized carbons (Fsp3) is 0.333. The summed E-state index contributed by atoms with van der Waals surface area (Å²) in [6, 6.07) is 14.8. The summed E-state index contributed by atoms with van der Waals surface area (Å²) in [6.07, 6.45) is 0.929. The second-order valence-corrected chi connectivity index (χ2v) is 7.01. The number of carbonyl (C=O) groups is 1. The molecule has 0 spiro atoms. The van der Waals surface area contributed by atoms with Crippen LogP contribution in [0.4, 0.5) is 0 Å². The summed E-state index contributed by atoms with van der Waals surface area (Å²) < 4.78 is 5.20. The van der Waals surface area contributed by atoms with Crippen LogP contribution >= 0.6 is 0 Å². The van der Waals surface area contributed by atoms with Gasteiger partial charge in [-0.05, 0) is 42.5 Å². The van der Waals surface area contributed by atoms with Gasteiger partial charge in [-0.2, -0.15) is 0 Å². The average Bonchev–Trinajstić information content (AvgIpc) is 3.36. The van der Waals surface area contributed by atoms with Crippen LogP contribution in [0.5, 0.6) is 0 Å². The van der Waals surface area contributed by atoms with Gasteiger partial charge >= 0.3 is 0 Å². The van der Waals surface area contributed by atoms with Crippen molar-refractivity contribution in [3.05, 3.63) is 65.0 Å². The predicted molar refractivity (Wildman–Crippen MR) is 97.2 cm³/mol. The van der Waals surface area contributed by atoms with Crippen molar-refractivity contribution in [3.8, 4) is 0 Å². The number of hydrogen-bond acceptors (Lipinski definition) is 3. The molecular formula is C21H22N2O2. The average molecular weight is 334 g/mol. The van der Waals surface area contributed by atoms with Gasteiger partial charge in [0.1, 0.15) is 5.76 Å². The Labute approximate surface area is 147 Å². The first-order chi connectivity index (χ1) is 12.1. The van der Waals surface area contributed by atoms with Crippen LogP contribution in [0.15, 0.2) is 47.0 Å². The van der Waals surface area contributed by atoms with E-state index in [1.807, 2.05) is 25.8 Å². The molecule has 1 fully saturated rings. The Bertz CT molecular complexity index is 919. The Morgan fingerprint density at radius 2 is 1.96 bits per heavy atom. The van der Waals surface area contributed by atoms with E-state index in [4.69, 9.17) is 4.52 Å². The number of benzene rings is 2. The van der Waals surface area contributed by atoms with Gasteiger partial charge in [-0.25, -0.2) is 0 Å². The van der Waals surface area contributed by atoms with Crippen molar-refractivity contribution >= 4 is 16.7 Å². The first-order valence-corrected chi connectivity index (χ1v) is 8.70. The van der Waals surface area contributed by atoms with Gasteiger partial charge in [0.15, 0.2) is 0 Å². The molecule has 4 heteroatoms. The second kappa shape index (κ2) is 6.03. The minimum atomic E-state index is 0.0799. The first kappa shape index (κ1) is 15.9. The van der Waals surface area contributed by atoms with Crippen molar-refractivity contribution in [1.82, 2.24) is 10.1 Å². The minimum absolute atomic E-state index is 0.0799. The summed E-state index contributed by atoms with van der Waals surface area (Å²) in [5, 5.41) is 6.47. The Morgan fingerprint density at radius 1 is 1.20 bits per heavy atom. The van der Waals surface area contributed by atoms with Crippen molar-refractivity contribution in [1.29, 1.82) is 0 Å². The van der Waals surface area contributed by atoms with Crippen molar-refractivity contribution in [2.45, 2.75) is 32.7 Å². The molecule has 1 saturated carbocycles. The molecule has 0 N–H and O–H groups in total. The maximum atomic E-state index is 12.8. The number of amides is 1. The molecule has 0 aliphatic heterocycles. The lowest BCUT2D eigenvalue weighted by atomic mass is 10.00. The number of fused-ring (bicyclic) bond motifs is 1. The maximum Gasteiger partial charge on any atom is 0.226 e. The van der Waals surface area contributed by atoms with E-state index in [1.165, 1.54) is 16.3 Å². The number of hydrogen-bond donors (Lipinski definition) is 0. The Hall–Kier alpha value is -2.62. The SMILES string of the molecule is Cc1noc(C)c1CN(C)C(=O)[C@@H]1C[C@@H]1c1cccc2ccccc12. The van der Waals surface area contributed by atoms with Crippen LogP contribution in [0, 0.1) is 19.8 Å². The molecule has 0 radical (unpaired) electrons. The molecule has 4 rings (SSSR count). The Morgan fingerprint density at radius 3 is 2.72 bits per heavy atom. The van der Waals surface area contributed by atoms with Crippen LogP contribution in [0.2, 0.25) is 0 Å². The second-order valence-electron chi connectivity index (χ2n) is 7.01. The standard InChI is InChI=1S/C21H22N2O2/c1-13-20(14(2)25-22-13)12-23(3)21(24)19-11-18(19)17-10-6-8-15-7-4-5-9-16(15)17/h4-10,18-19H,11-12H2,1-3H3/t18-,19-/m1/s1. The van der Waals surface area contributed by atoms with E-state index >= 15 is 0 Å². The van der Waals surface area contributed by atoms with Gasteiger partial charge in [0, 0.05) is 18.5 Å². The number of rotatable bonds is 4. The summed E-state index contributed by atoms with van der Waals surface area (Å²) in [6.45, 7) is 4.36.